The zero-order chi connectivity index (χ0) is 11.7. The Morgan fingerprint density at radius 2 is 2.06 bits per heavy atom. The maximum Gasteiger partial charge on any atom is 0.0537 e. The summed E-state index contributed by atoms with van der Waals surface area (Å²) in [5, 5.41) is 8.24. The summed E-state index contributed by atoms with van der Waals surface area (Å²) in [5.41, 5.74) is 2.89. The van der Waals surface area contributed by atoms with Gasteiger partial charge in [-0.15, -0.1) is 0 Å². The summed E-state index contributed by atoms with van der Waals surface area (Å²) >= 11 is 0. The van der Waals surface area contributed by atoms with Crippen LogP contribution in [-0.4, -0.2) is 15.8 Å². The fourth-order valence-corrected chi connectivity index (χ4v) is 2.97. The van der Waals surface area contributed by atoms with Crippen molar-refractivity contribution in [3.8, 4) is 0 Å². The molecule has 0 aliphatic heterocycles. The van der Waals surface area contributed by atoms with Crippen molar-refractivity contribution in [1.29, 1.82) is 0 Å². The first kappa shape index (κ1) is 11.3. The molecule has 3 nitrogen and oxygen atoms in total. The molecular formula is C14H23N3. The van der Waals surface area contributed by atoms with Crippen molar-refractivity contribution in [3.63, 3.8) is 0 Å². The molecule has 0 unspecified atom stereocenters. The lowest BCUT2D eigenvalue weighted by Gasteiger charge is -2.14. The van der Waals surface area contributed by atoms with E-state index in [0.717, 1.165) is 19.0 Å². The lowest BCUT2D eigenvalue weighted by molar-refractivity contribution is 0.450. The average molecular weight is 233 g/mol. The second kappa shape index (κ2) is 4.81. The standard InChI is InChI=1S/C14H23N3/c1-2-14-11(9-15-12-7-8-12)10-16-17(14)13-5-3-4-6-13/h10,12-13,15H,2-9H2,1H3. The first-order chi connectivity index (χ1) is 8.38. The van der Waals surface area contributed by atoms with Crippen LogP contribution in [0.15, 0.2) is 6.20 Å². The van der Waals surface area contributed by atoms with E-state index >= 15 is 0 Å². The van der Waals surface area contributed by atoms with Crippen LogP contribution in [0.5, 0.6) is 0 Å². The summed E-state index contributed by atoms with van der Waals surface area (Å²) in [6.07, 6.45) is 11.3. The molecule has 0 spiro atoms. The van der Waals surface area contributed by atoms with Gasteiger partial charge in [-0.1, -0.05) is 19.8 Å². The van der Waals surface area contributed by atoms with Gasteiger partial charge in [-0.3, -0.25) is 4.68 Å². The largest absolute Gasteiger partial charge is 0.310 e. The van der Waals surface area contributed by atoms with Crippen molar-refractivity contribution >= 4 is 0 Å². The molecule has 3 heteroatoms. The molecule has 3 rings (SSSR count). The second-order valence-electron chi connectivity index (χ2n) is 5.51. The zero-order valence-corrected chi connectivity index (χ0v) is 10.8. The molecule has 2 aliphatic rings. The Bertz CT molecular complexity index is 373. The van der Waals surface area contributed by atoms with Crippen LogP contribution in [-0.2, 0) is 13.0 Å². The monoisotopic (exact) mass is 233 g/mol. The van der Waals surface area contributed by atoms with Gasteiger partial charge < -0.3 is 5.32 Å². The number of hydrogen-bond donors (Lipinski definition) is 1. The van der Waals surface area contributed by atoms with E-state index in [1.165, 1.54) is 49.8 Å². The van der Waals surface area contributed by atoms with Crippen LogP contribution in [0, 0.1) is 0 Å². The Hall–Kier alpha value is -0.830. The first-order valence-electron chi connectivity index (χ1n) is 7.17. The SMILES string of the molecule is CCc1c(CNC2CC2)cnn1C1CCCC1. The van der Waals surface area contributed by atoms with E-state index in [1.54, 1.807) is 0 Å². The highest BCUT2D eigenvalue weighted by atomic mass is 15.3. The van der Waals surface area contributed by atoms with Crippen LogP contribution in [0.25, 0.3) is 0 Å². The molecule has 2 fully saturated rings. The van der Waals surface area contributed by atoms with E-state index in [9.17, 15) is 0 Å². The van der Waals surface area contributed by atoms with Gasteiger partial charge in [0, 0.05) is 23.8 Å². The van der Waals surface area contributed by atoms with E-state index in [4.69, 9.17) is 0 Å². The molecule has 1 aromatic rings. The van der Waals surface area contributed by atoms with Gasteiger partial charge in [0.2, 0.25) is 0 Å². The molecule has 1 heterocycles. The molecule has 2 aliphatic carbocycles. The van der Waals surface area contributed by atoms with Crippen molar-refractivity contribution in [2.24, 2.45) is 0 Å². The molecule has 0 saturated heterocycles. The maximum atomic E-state index is 4.64. The third-order valence-electron chi connectivity index (χ3n) is 4.15. The van der Waals surface area contributed by atoms with E-state index in [-0.39, 0.29) is 0 Å². The minimum Gasteiger partial charge on any atom is -0.310 e. The normalized spacial score (nSPS) is 21.2. The Morgan fingerprint density at radius 3 is 2.71 bits per heavy atom. The summed E-state index contributed by atoms with van der Waals surface area (Å²) in [6, 6.07) is 1.47. The molecule has 0 bridgehead atoms. The number of hydrogen-bond acceptors (Lipinski definition) is 2. The molecule has 2 saturated carbocycles. The Morgan fingerprint density at radius 1 is 1.29 bits per heavy atom. The Labute approximate surface area is 104 Å². The molecule has 0 aromatic carbocycles. The van der Waals surface area contributed by atoms with Crippen molar-refractivity contribution in [3.05, 3.63) is 17.5 Å². The minimum atomic E-state index is 0.680. The number of nitrogens with zero attached hydrogens (tertiary/aromatic N) is 2. The minimum absolute atomic E-state index is 0.680. The van der Waals surface area contributed by atoms with E-state index < -0.39 is 0 Å². The van der Waals surface area contributed by atoms with Gasteiger partial charge in [0.1, 0.15) is 0 Å². The third-order valence-corrected chi connectivity index (χ3v) is 4.15. The Kier molecular flexibility index (Phi) is 3.19. The fourth-order valence-electron chi connectivity index (χ4n) is 2.97. The van der Waals surface area contributed by atoms with Gasteiger partial charge in [0.25, 0.3) is 0 Å². The van der Waals surface area contributed by atoms with Gasteiger partial charge in [-0.05, 0) is 32.1 Å². The van der Waals surface area contributed by atoms with Crippen LogP contribution in [0.2, 0.25) is 0 Å². The molecule has 0 amide bonds. The van der Waals surface area contributed by atoms with Gasteiger partial charge >= 0.3 is 0 Å². The van der Waals surface area contributed by atoms with Crippen LogP contribution < -0.4 is 5.32 Å². The van der Waals surface area contributed by atoms with Gasteiger partial charge in [0.05, 0.1) is 12.2 Å². The first-order valence-corrected chi connectivity index (χ1v) is 7.17. The maximum absolute atomic E-state index is 4.64. The molecule has 94 valence electrons. The Balaban J connectivity index is 1.73. The predicted octanol–water partition coefficient (Wildman–Crippen LogP) is 2.81. The summed E-state index contributed by atoms with van der Waals surface area (Å²) < 4.78 is 2.32. The van der Waals surface area contributed by atoms with Gasteiger partial charge in [-0.2, -0.15) is 5.10 Å². The molecule has 1 aromatic heterocycles. The number of nitrogens with one attached hydrogen (secondary N) is 1. The predicted molar refractivity (Wildman–Crippen MR) is 69.0 cm³/mol. The quantitative estimate of drug-likeness (QED) is 0.847. The number of rotatable bonds is 5. The molecule has 17 heavy (non-hydrogen) atoms. The highest BCUT2D eigenvalue weighted by Gasteiger charge is 2.23. The van der Waals surface area contributed by atoms with Crippen LogP contribution >= 0.6 is 0 Å². The van der Waals surface area contributed by atoms with Crippen molar-refractivity contribution in [2.75, 3.05) is 0 Å². The summed E-state index contributed by atoms with van der Waals surface area (Å²) in [4.78, 5) is 0. The van der Waals surface area contributed by atoms with Gasteiger partial charge in [-0.25, -0.2) is 0 Å². The van der Waals surface area contributed by atoms with Crippen LogP contribution in [0.1, 0.15) is 62.7 Å². The zero-order valence-electron chi connectivity index (χ0n) is 10.8. The molecule has 0 atom stereocenters. The highest BCUT2D eigenvalue weighted by molar-refractivity contribution is 5.19. The van der Waals surface area contributed by atoms with E-state index in [0.29, 0.717) is 6.04 Å². The van der Waals surface area contributed by atoms with Crippen molar-refractivity contribution in [2.45, 2.75) is 70.5 Å². The number of aromatic nitrogens is 2. The van der Waals surface area contributed by atoms with Crippen molar-refractivity contribution < 1.29 is 0 Å². The summed E-state index contributed by atoms with van der Waals surface area (Å²) in [7, 11) is 0. The summed E-state index contributed by atoms with van der Waals surface area (Å²) in [5.74, 6) is 0. The summed E-state index contributed by atoms with van der Waals surface area (Å²) in [6.45, 7) is 3.27. The second-order valence-corrected chi connectivity index (χ2v) is 5.51. The van der Waals surface area contributed by atoms with E-state index in [1.807, 2.05) is 0 Å². The fraction of sp³-hybridized carbons (Fsp3) is 0.786. The lowest BCUT2D eigenvalue weighted by atomic mass is 10.1. The van der Waals surface area contributed by atoms with Gasteiger partial charge in [0.15, 0.2) is 0 Å². The van der Waals surface area contributed by atoms with E-state index in [2.05, 4.69) is 28.2 Å². The third kappa shape index (κ3) is 2.39. The highest BCUT2D eigenvalue weighted by Crippen LogP contribution is 2.31. The molecular weight excluding hydrogens is 210 g/mol. The topological polar surface area (TPSA) is 29.9 Å². The smallest absolute Gasteiger partial charge is 0.0537 e. The van der Waals surface area contributed by atoms with Crippen molar-refractivity contribution in [1.82, 2.24) is 15.1 Å². The lowest BCUT2D eigenvalue weighted by Crippen LogP contribution is -2.17. The average Bonchev–Trinajstić information content (AvgIpc) is 2.88. The van der Waals surface area contributed by atoms with Crippen LogP contribution in [0.3, 0.4) is 0 Å². The molecule has 1 N–H and O–H groups in total. The van der Waals surface area contributed by atoms with Crippen LogP contribution in [0.4, 0.5) is 0 Å². The molecule has 0 radical (unpaired) electrons.